The van der Waals surface area contributed by atoms with Crippen molar-refractivity contribution in [2.45, 2.75) is 24.9 Å². The van der Waals surface area contributed by atoms with Crippen LogP contribution >= 0.6 is 11.6 Å². The van der Waals surface area contributed by atoms with Gasteiger partial charge in [-0.2, -0.15) is 17.5 Å². The van der Waals surface area contributed by atoms with E-state index < -0.39 is 31.7 Å². The fraction of sp³-hybridized carbons (Fsp3) is 0.368. The molecule has 3 rings (SSSR count). The lowest BCUT2D eigenvalue weighted by Gasteiger charge is -2.34. The second kappa shape index (κ2) is 8.16. The number of nitrogens with zero attached hydrogens (tertiary/aromatic N) is 3. The Morgan fingerprint density at radius 3 is 2.27 bits per heavy atom. The molecule has 0 saturated carbocycles. The van der Waals surface area contributed by atoms with Crippen LogP contribution in [0.15, 0.2) is 35.2 Å². The molecule has 6 nitrogen and oxygen atoms in total. The van der Waals surface area contributed by atoms with E-state index in [0.717, 1.165) is 22.1 Å². The highest BCUT2D eigenvalue weighted by Gasteiger charge is 2.36. The zero-order valence-electron chi connectivity index (χ0n) is 16.2. The summed E-state index contributed by atoms with van der Waals surface area (Å²) in [5.74, 6) is -0.261. The molecule has 0 atom stereocenters. The summed E-state index contributed by atoms with van der Waals surface area (Å²) in [4.78, 5) is 18.0. The molecule has 162 valence electrons. The van der Waals surface area contributed by atoms with Crippen LogP contribution in [-0.2, 0) is 16.2 Å². The van der Waals surface area contributed by atoms with Crippen molar-refractivity contribution >= 4 is 27.5 Å². The first kappa shape index (κ1) is 22.5. The van der Waals surface area contributed by atoms with E-state index in [1.54, 1.807) is 19.1 Å². The van der Waals surface area contributed by atoms with E-state index >= 15 is 0 Å². The van der Waals surface area contributed by atoms with Crippen molar-refractivity contribution in [3.8, 4) is 0 Å². The molecule has 1 saturated heterocycles. The third-order valence-corrected chi connectivity index (χ3v) is 7.09. The number of amides is 1. The number of hydrogen-bond acceptors (Lipinski definition) is 4. The number of benzene rings is 1. The molecule has 2 heterocycles. The summed E-state index contributed by atoms with van der Waals surface area (Å²) in [5.41, 5.74) is 0.586. The monoisotopic (exact) mass is 461 g/mol. The van der Waals surface area contributed by atoms with Crippen LogP contribution in [0.25, 0.3) is 0 Å². The molecule has 1 aliphatic rings. The molecule has 0 bridgehead atoms. The third kappa shape index (κ3) is 4.45. The number of piperazine rings is 1. The van der Waals surface area contributed by atoms with Gasteiger partial charge in [-0.15, -0.1) is 0 Å². The molecule has 0 spiro atoms. The first-order valence-corrected chi connectivity index (χ1v) is 10.8. The molecule has 11 heteroatoms. The molecule has 1 aromatic heterocycles. The van der Waals surface area contributed by atoms with Crippen molar-refractivity contribution in [1.29, 1.82) is 0 Å². The Morgan fingerprint density at radius 2 is 1.70 bits per heavy atom. The van der Waals surface area contributed by atoms with E-state index in [0.29, 0.717) is 17.3 Å². The van der Waals surface area contributed by atoms with Gasteiger partial charge in [0.1, 0.15) is 0 Å². The minimum absolute atomic E-state index is 0.0314. The van der Waals surface area contributed by atoms with Crippen molar-refractivity contribution in [3.05, 3.63) is 57.9 Å². The molecule has 30 heavy (non-hydrogen) atoms. The van der Waals surface area contributed by atoms with Crippen molar-refractivity contribution in [2.24, 2.45) is 0 Å². The number of rotatable bonds is 3. The van der Waals surface area contributed by atoms with Crippen LogP contribution in [0.2, 0.25) is 5.02 Å². The summed E-state index contributed by atoms with van der Waals surface area (Å²) < 4.78 is 65.9. The van der Waals surface area contributed by atoms with Crippen LogP contribution < -0.4 is 0 Å². The van der Waals surface area contributed by atoms with E-state index in [4.69, 9.17) is 11.6 Å². The van der Waals surface area contributed by atoms with E-state index in [2.05, 4.69) is 4.98 Å². The van der Waals surface area contributed by atoms with Crippen molar-refractivity contribution in [3.63, 3.8) is 0 Å². The smallest absolute Gasteiger partial charge is 0.336 e. The van der Waals surface area contributed by atoms with Gasteiger partial charge < -0.3 is 4.90 Å². The maximum Gasteiger partial charge on any atom is 0.417 e. The molecule has 0 radical (unpaired) electrons. The maximum absolute atomic E-state index is 13.1. The normalized spacial score (nSPS) is 16.0. The van der Waals surface area contributed by atoms with Crippen molar-refractivity contribution < 1.29 is 26.4 Å². The van der Waals surface area contributed by atoms with Crippen LogP contribution in [0.4, 0.5) is 13.2 Å². The molecule has 1 aliphatic heterocycles. The quantitative estimate of drug-likeness (QED) is 0.701. The number of hydrogen-bond donors (Lipinski definition) is 0. The van der Waals surface area contributed by atoms with Crippen LogP contribution in [0, 0.1) is 13.8 Å². The first-order chi connectivity index (χ1) is 13.9. The maximum atomic E-state index is 13.1. The Hall–Kier alpha value is -2.17. The molecule has 1 aromatic carbocycles. The van der Waals surface area contributed by atoms with Crippen LogP contribution in [-0.4, -0.2) is 54.7 Å². The number of aromatic nitrogens is 1. The summed E-state index contributed by atoms with van der Waals surface area (Å²) in [7, 11) is -4.16. The average molecular weight is 462 g/mol. The Labute approximate surface area is 177 Å². The van der Waals surface area contributed by atoms with E-state index in [1.807, 2.05) is 6.92 Å². The number of pyridine rings is 1. The molecular weight excluding hydrogens is 443 g/mol. The van der Waals surface area contributed by atoms with Crippen molar-refractivity contribution in [1.82, 2.24) is 14.2 Å². The summed E-state index contributed by atoms with van der Waals surface area (Å²) in [6.07, 6.45) is -4.77. The Kier molecular flexibility index (Phi) is 6.13. The highest BCUT2D eigenvalue weighted by atomic mass is 35.5. The molecule has 1 fully saturated rings. The lowest BCUT2D eigenvalue weighted by atomic mass is 10.1. The second-order valence-corrected chi connectivity index (χ2v) is 9.27. The van der Waals surface area contributed by atoms with Gasteiger partial charge in [-0.3, -0.25) is 9.78 Å². The Balaban J connectivity index is 1.76. The Morgan fingerprint density at radius 1 is 1.07 bits per heavy atom. The highest BCUT2D eigenvalue weighted by molar-refractivity contribution is 7.89. The fourth-order valence-electron chi connectivity index (χ4n) is 3.25. The summed E-state index contributed by atoms with van der Waals surface area (Å²) in [6.45, 7) is 3.70. The van der Waals surface area contributed by atoms with Gasteiger partial charge >= 0.3 is 6.18 Å². The molecule has 0 aliphatic carbocycles. The average Bonchev–Trinajstić information content (AvgIpc) is 2.67. The third-order valence-electron chi connectivity index (χ3n) is 4.86. The van der Waals surface area contributed by atoms with E-state index in [1.165, 1.54) is 4.90 Å². The molecule has 0 N–H and O–H groups in total. The molecule has 1 amide bonds. The van der Waals surface area contributed by atoms with E-state index in [-0.39, 0.29) is 32.1 Å². The summed E-state index contributed by atoms with van der Waals surface area (Å²) in [6, 6.07) is 5.90. The largest absolute Gasteiger partial charge is 0.417 e. The van der Waals surface area contributed by atoms with Gasteiger partial charge in [0.15, 0.2) is 0 Å². The van der Waals surface area contributed by atoms with Gasteiger partial charge in [-0.25, -0.2) is 8.42 Å². The number of carbonyl (C=O) groups excluding carboxylic acids is 1. The number of sulfonamides is 1. The number of alkyl halides is 3. The topological polar surface area (TPSA) is 70.6 Å². The fourth-order valence-corrected chi connectivity index (χ4v) is 4.92. The zero-order chi connectivity index (χ0) is 22.3. The molecule has 2 aromatic rings. The van der Waals surface area contributed by atoms with Gasteiger partial charge in [-0.05, 0) is 44.2 Å². The van der Waals surface area contributed by atoms with E-state index in [9.17, 15) is 26.4 Å². The summed E-state index contributed by atoms with van der Waals surface area (Å²) >= 11 is 5.57. The van der Waals surface area contributed by atoms with Gasteiger partial charge in [-0.1, -0.05) is 11.6 Å². The van der Waals surface area contributed by atoms with Crippen LogP contribution in [0.5, 0.6) is 0 Å². The minimum Gasteiger partial charge on any atom is -0.336 e. The van der Waals surface area contributed by atoms with Crippen LogP contribution in [0.1, 0.15) is 27.3 Å². The standard InChI is InChI=1S/C19H19ClF3N3O3S/c1-12-3-5-15(13(2)24-12)18(27)25-7-9-26(10-8-25)30(28,29)14-4-6-17(20)16(11-14)19(21,22)23/h3-6,11H,7-10H2,1-2H3. The minimum atomic E-state index is -4.77. The van der Waals surface area contributed by atoms with Gasteiger partial charge in [0, 0.05) is 31.9 Å². The first-order valence-electron chi connectivity index (χ1n) is 9.01. The number of halogens is 4. The van der Waals surface area contributed by atoms with Gasteiger partial charge in [0.25, 0.3) is 5.91 Å². The van der Waals surface area contributed by atoms with Gasteiger partial charge in [0.05, 0.1) is 26.7 Å². The molecular formula is C19H19ClF3N3O3S. The lowest BCUT2D eigenvalue weighted by molar-refractivity contribution is -0.137. The zero-order valence-corrected chi connectivity index (χ0v) is 17.8. The van der Waals surface area contributed by atoms with Crippen molar-refractivity contribution in [2.75, 3.05) is 26.2 Å². The summed E-state index contributed by atoms with van der Waals surface area (Å²) in [5, 5.41) is -0.570. The van der Waals surface area contributed by atoms with Crippen LogP contribution in [0.3, 0.4) is 0 Å². The number of aryl methyl sites for hydroxylation is 2. The highest BCUT2D eigenvalue weighted by Crippen LogP contribution is 2.36. The number of carbonyl (C=O) groups is 1. The SMILES string of the molecule is Cc1ccc(C(=O)N2CCN(S(=O)(=O)c3ccc(Cl)c(C(F)(F)F)c3)CC2)c(C)n1. The lowest BCUT2D eigenvalue weighted by Crippen LogP contribution is -2.50. The molecule has 0 unspecified atom stereocenters. The second-order valence-electron chi connectivity index (χ2n) is 6.92. The van der Waals surface area contributed by atoms with Gasteiger partial charge in [0.2, 0.25) is 10.0 Å². The predicted molar refractivity (Wildman–Crippen MR) is 105 cm³/mol. The Bertz CT molecular complexity index is 1080. The predicted octanol–water partition coefficient (Wildman–Crippen LogP) is 3.52.